The third kappa shape index (κ3) is 3.37. The summed E-state index contributed by atoms with van der Waals surface area (Å²) in [6.45, 7) is 1.89. The van der Waals surface area contributed by atoms with Gasteiger partial charge in [0.2, 0.25) is 5.78 Å². The Bertz CT molecular complexity index is 1220. The molecule has 4 nitrogen and oxygen atoms in total. The predicted molar refractivity (Wildman–Crippen MR) is 118 cm³/mol. The van der Waals surface area contributed by atoms with E-state index in [1.807, 2.05) is 6.92 Å². The van der Waals surface area contributed by atoms with Gasteiger partial charge in [-0.1, -0.05) is 65.8 Å². The van der Waals surface area contributed by atoms with Crippen LogP contribution >= 0.6 is 23.8 Å². The Morgan fingerprint density at radius 3 is 2.21 bits per heavy atom. The number of anilines is 1. The van der Waals surface area contributed by atoms with Gasteiger partial charge in [-0.05, 0) is 48.9 Å². The van der Waals surface area contributed by atoms with Crippen LogP contribution in [-0.4, -0.2) is 19.1 Å². The Morgan fingerprint density at radius 2 is 1.55 bits per heavy atom. The number of fused-ring (bicyclic) bond motifs is 1. The van der Waals surface area contributed by atoms with E-state index in [0.717, 1.165) is 5.56 Å². The van der Waals surface area contributed by atoms with E-state index in [4.69, 9.17) is 23.8 Å². The van der Waals surface area contributed by atoms with E-state index in [0.29, 0.717) is 16.3 Å². The van der Waals surface area contributed by atoms with Crippen LogP contribution in [0.2, 0.25) is 5.02 Å². The molecule has 0 aromatic heterocycles. The number of hydrogen-bond donors (Lipinski definition) is 0. The van der Waals surface area contributed by atoms with Crippen molar-refractivity contribution in [3.8, 4) is 0 Å². The van der Waals surface area contributed by atoms with Gasteiger partial charge in [-0.2, -0.15) is 0 Å². The Morgan fingerprint density at radius 1 is 0.931 bits per heavy atom. The predicted octanol–water partition coefficient (Wildman–Crippen LogP) is 5.15. The molecule has 1 aliphatic rings. The highest BCUT2D eigenvalue weighted by Crippen LogP contribution is 2.41. The van der Waals surface area contributed by atoms with Crippen molar-refractivity contribution >= 4 is 50.2 Å². The Kier molecular flexibility index (Phi) is 5.02. The molecule has 0 N–H and O–H groups in total. The number of sulfonamides is 1. The molecule has 0 aliphatic carbocycles. The first kappa shape index (κ1) is 19.8. The summed E-state index contributed by atoms with van der Waals surface area (Å²) in [6, 6.07) is 19.0. The number of ketones is 1. The van der Waals surface area contributed by atoms with Crippen molar-refractivity contribution in [1.82, 2.24) is 0 Å². The van der Waals surface area contributed by atoms with Gasteiger partial charge in [0.1, 0.15) is 6.04 Å². The second-order valence-corrected chi connectivity index (χ2v) is 9.47. The summed E-state index contributed by atoms with van der Waals surface area (Å²) in [5, 5.41) is 0.509. The van der Waals surface area contributed by atoms with E-state index in [9.17, 15) is 13.2 Å². The number of carbonyl (C=O) groups excluding carboxylic acids is 1. The fourth-order valence-electron chi connectivity index (χ4n) is 3.38. The molecule has 1 unspecified atom stereocenters. The minimum absolute atomic E-state index is 0.0294. The Labute approximate surface area is 179 Å². The number of nitrogens with zero attached hydrogens (tertiary/aromatic N) is 1. The van der Waals surface area contributed by atoms with Crippen molar-refractivity contribution in [2.24, 2.45) is 0 Å². The van der Waals surface area contributed by atoms with Crippen LogP contribution in [0.1, 0.15) is 27.5 Å². The molecule has 146 valence electrons. The normalized spacial score (nSPS) is 16.6. The van der Waals surface area contributed by atoms with Gasteiger partial charge in [0.05, 0.1) is 15.4 Å². The highest BCUT2D eigenvalue weighted by atomic mass is 35.5. The molecule has 1 aliphatic heterocycles. The number of carbonyl (C=O) groups is 1. The molecule has 7 heteroatoms. The van der Waals surface area contributed by atoms with Crippen LogP contribution in [0.25, 0.3) is 0 Å². The van der Waals surface area contributed by atoms with E-state index in [1.165, 1.54) is 4.31 Å². The van der Waals surface area contributed by atoms with Crippen LogP contribution in [0.4, 0.5) is 5.69 Å². The maximum Gasteiger partial charge on any atom is 0.265 e. The summed E-state index contributed by atoms with van der Waals surface area (Å²) in [6.07, 6.45) is 0. The molecule has 1 atom stereocenters. The van der Waals surface area contributed by atoms with E-state index in [2.05, 4.69) is 0 Å². The standard InChI is InChI=1S/C22H16ClNO3S2/c1-14-6-12-17(13-7-14)29(26,27)24-19-5-3-2-4-18(19)21(25)22(28)20(24)15-8-10-16(23)11-9-15/h2-13,20H,1H3. The van der Waals surface area contributed by atoms with E-state index >= 15 is 0 Å². The van der Waals surface area contributed by atoms with Gasteiger partial charge in [0, 0.05) is 10.6 Å². The van der Waals surface area contributed by atoms with Gasteiger partial charge >= 0.3 is 0 Å². The smallest absolute Gasteiger partial charge is 0.265 e. The summed E-state index contributed by atoms with van der Waals surface area (Å²) in [4.78, 5) is 13.1. The van der Waals surface area contributed by atoms with Gasteiger partial charge in [-0.15, -0.1) is 0 Å². The molecule has 1 heterocycles. The van der Waals surface area contributed by atoms with E-state index in [1.54, 1.807) is 72.8 Å². The highest BCUT2D eigenvalue weighted by molar-refractivity contribution is 7.93. The number of Topliss-reactive ketones (excluding diaryl/α,β-unsaturated/α-hetero) is 1. The summed E-state index contributed by atoms with van der Waals surface area (Å²) in [5.74, 6) is -0.342. The van der Waals surface area contributed by atoms with Crippen molar-refractivity contribution in [3.05, 3.63) is 94.5 Å². The minimum Gasteiger partial charge on any atom is -0.288 e. The number of aryl methyl sites for hydroxylation is 1. The summed E-state index contributed by atoms with van der Waals surface area (Å²) >= 11 is 11.5. The largest absolute Gasteiger partial charge is 0.288 e. The topological polar surface area (TPSA) is 54.5 Å². The Balaban J connectivity index is 1.98. The first-order valence-electron chi connectivity index (χ1n) is 8.85. The maximum atomic E-state index is 13.7. The number of thiocarbonyl (C=S) groups is 1. The zero-order valence-corrected chi connectivity index (χ0v) is 17.8. The average molecular weight is 442 g/mol. The fourth-order valence-corrected chi connectivity index (χ4v) is 5.56. The molecular weight excluding hydrogens is 426 g/mol. The molecule has 0 amide bonds. The van der Waals surface area contributed by atoms with Gasteiger partial charge in [-0.3, -0.25) is 9.10 Å². The molecule has 0 bridgehead atoms. The van der Waals surface area contributed by atoms with Crippen molar-refractivity contribution in [1.29, 1.82) is 0 Å². The first-order valence-corrected chi connectivity index (χ1v) is 11.1. The Hall–Kier alpha value is -2.54. The van der Waals surface area contributed by atoms with Gasteiger partial charge < -0.3 is 0 Å². The molecule has 0 spiro atoms. The van der Waals surface area contributed by atoms with Gasteiger partial charge in [0.15, 0.2) is 0 Å². The number of para-hydroxylation sites is 1. The second kappa shape index (κ2) is 7.37. The van der Waals surface area contributed by atoms with Gasteiger partial charge in [-0.25, -0.2) is 8.42 Å². The zero-order chi connectivity index (χ0) is 20.8. The van der Waals surface area contributed by atoms with Crippen LogP contribution in [0.15, 0.2) is 77.7 Å². The summed E-state index contributed by atoms with van der Waals surface area (Å²) < 4.78 is 28.6. The minimum atomic E-state index is -4.00. The third-order valence-corrected chi connectivity index (χ3v) is 7.31. The van der Waals surface area contributed by atoms with Crippen LogP contribution in [0.3, 0.4) is 0 Å². The van der Waals surface area contributed by atoms with Crippen LogP contribution in [0.5, 0.6) is 0 Å². The number of hydrogen-bond acceptors (Lipinski definition) is 4. The second-order valence-electron chi connectivity index (χ2n) is 6.78. The molecule has 3 aromatic rings. The lowest BCUT2D eigenvalue weighted by Gasteiger charge is -2.37. The molecule has 0 radical (unpaired) electrons. The maximum absolute atomic E-state index is 13.7. The zero-order valence-electron chi connectivity index (χ0n) is 15.4. The number of benzene rings is 3. The average Bonchev–Trinajstić information content (AvgIpc) is 2.71. The first-order chi connectivity index (χ1) is 13.8. The molecule has 0 saturated carbocycles. The SMILES string of the molecule is Cc1ccc(S(=O)(=O)N2c3ccccc3C(=O)C(=S)C2c2ccc(Cl)cc2)cc1. The molecule has 0 saturated heterocycles. The lowest BCUT2D eigenvalue weighted by atomic mass is 9.92. The van der Waals surface area contributed by atoms with Gasteiger partial charge in [0.25, 0.3) is 10.0 Å². The molecule has 29 heavy (non-hydrogen) atoms. The molecule has 3 aromatic carbocycles. The molecular formula is C22H16ClNO3S2. The van der Waals surface area contributed by atoms with Crippen molar-refractivity contribution in [2.45, 2.75) is 17.9 Å². The van der Waals surface area contributed by atoms with E-state index < -0.39 is 16.1 Å². The van der Waals surface area contributed by atoms with Crippen molar-refractivity contribution < 1.29 is 13.2 Å². The van der Waals surface area contributed by atoms with E-state index in [-0.39, 0.29) is 21.1 Å². The van der Waals surface area contributed by atoms with Crippen LogP contribution < -0.4 is 4.31 Å². The summed E-state index contributed by atoms with van der Waals surface area (Å²) in [7, 11) is -4.00. The molecule has 0 fully saturated rings. The lowest BCUT2D eigenvalue weighted by molar-refractivity contribution is 0.106. The number of halogens is 1. The highest BCUT2D eigenvalue weighted by Gasteiger charge is 2.43. The fraction of sp³-hybridized carbons (Fsp3) is 0.0909. The van der Waals surface area contributed by atoms with Crippen LogP contribution in [0, 0.1) is 6.92 Å². The third-order valence-electron chi connectivity index (χ3n) is 4.86. The quantitative estimate of drug-likeness (QED) is 0.527. The van der Waals surface area contributed by atoms with Crippen molar-refractivity contribution in [2.75, 3.05) is 4.31 Å². The summed E-state index contributed by atoms with van der Waals surface area (Å²) in [5.41, 5.74) is 2.12. The lowest BCUT2D eigenvalue weighted by Crippen LogP contribution is -2.45. The van der Waals surface area contributed by atoms with Crippen molar-refractivity contribution in [3.63, 3.8) is 0 Å². The number of rotatable bonds is 3. The monoisotopic (exact) mass is 441 g/mol. The molecule has 4 rings (SSSR count). The van der Waals surface area contributed by atoms with Crippen LogP contribution in [-0.2, 0) is 10.0 Å².